The topological polar surface area (TPSA) is 16.8 Å². The van der Waals surface area contributed by atoms with Gasteiger partial charge in [0.2, 0.25) is 5.69 Å². The Morgan fingerprint density at radius 1 is 0.719 bits per heavy atom. The lowest BCUT2D eigenvalue weighted by Crippen LogP contribution is -2.43. The van der Waals surface area contributed by atoms with Gasteiger partial charge in [-0.25, -0.2) is 4.57 Å². The van der Waals surface area contributed by atoms with Crippen LogP contribution in [-0.4, -0.2) is 4.98 Å². The molecule has 5 rings (SSSR count). The third-order valence-electron chi connectivity index (χ3n) is 8.11. The maximum Gasteiger partial charge on any atom is 0.212 e. The van der Waals surface area contributed by atoms with Crippen molar-refractivity contribution in [3.05, 3.63) is 82.7 Å². The zero-order valence-electron chi connectivity index (χ0n) is 20.6. The van der Waals surface area contributed by atoms with Crippen LogP contribution in [0.3, 0.4) is 0 Å². The third kappa shape index (κ3) is 2.85. The van der Waals surface area contributed by atoms with Gasteiger partial charge in [0.1, 0.15) is 7.05 Å². The van der Waals surface area contributed by atoms with E-state index in [9.17, 15) is 0 Å². The molecule has 4 aromatic rings. The van der Waals surface area contributed by atoms with Gasteiger partial charge in [0.15, 0.2) is 6.20 Å². The molecule has 0 bridgehead atoms. The largest absolute Gasteiger partial charge is 0.253 e. The standard InChI is InChI=1S/C30H33N2/c1-18-11-12-32(8)28(13-18)22-16-23-24-17-27-21(10-9-20(3)31-27)15-26(24)30(6,7)29(4,5)25(23)14-19(22)2/h9-17H,1-8H3/q+1. The molecule has 0 saturated carbocycles. The number of fused-ring (bicyclic) bond motifs is 4. The average molecular weight is 422 g/mol. The molecule has 2 aromatic heterocycles. The average Bonchev–Trinajstić information content (AvgIpc) is 2.73. The van der Waals surface area contributed by atoms with E-state index in [4.69, 9.17) is 4.98 Å². The van der Waals surface area contributed by atoms with Crippen molar-refractivity contribution in [1.82, 2.24) is 4.98 Å². The molecular weight excluding hydrogens is 388 g/mol. The van der Waals surface area contributed by atoms with Crippen molar-refractivity contribution in [3.63, 3.8) is 0 Å². The Balaban J connectivity index is 1.88. The van der Waals surface area contributed by atoms with Gasteiger partial charge in [-0.15, -0.1) is 0 Å². The first-order valence-corrected chi connectivity index (χ1v) is 11.5. The fraction of sp³-hybridized carbons (Fsp3) is 0.333. The zero-order valence-corrected chi connectivity index (χ0v) is 20.6. The van der Waals surface area contributed by atoms with Crippen molar-refractivity contribution in [3.8, 4) is 22.4 Å². The van der Waals surface area contributed by atoms with Gasteiger partial charge < -0.3 is 0 Å². The van der Waals surface area contributed by atoms with E-state index in [1.165, 1.54) is 50.0 Å². The molecule has 0 N–H and O–H groups in total. The van der Waals surface area contributed by atoms with Crippen molar-refractivity contribution in [2.45, 2.75) is 59.3 Å². The van der Waals surface area contributed by atoms with E-state index in [1.807, 2.05) is 0 Å². The number of nitrogens with zero attached hydrogens (tertiary/aromatic N) is 2. The van der Waals surface area contributed by atoms with E-state index in [2.05, 4.69) is 115 Å². The van der Waals surface area contributed by atoms with Crippen LogP contribution in [0, 0.1) is 20.8 Å². The number of rotatable bonds is 1. The molecular formula is C30H33N2+. The molecule has 0 amide bonds. The highest BCUT2D eigenvalue weighted by atomic mass is 14.9. The lowest BCUT2D eigenvalue weighted by Gasteiger charge is -2.48. The number of pyridine rings is 2. The van der Waals surface area contributed by atoms with Gasteiger partial charge in [-0.3, -0.25) is 4.98 Å². The molecule has 0 fully saturated rings. The van der Waals surface area contributed by atoms with Crippen LogP contribution >= 0.6 is 0 Å². The Morgan fingerprint density at radius 3 is 2.09 bits per heavy atom. The molecule has 1 aliphatic rings. The van der Waals surface area contributed by atoms with Crippen LogP contribution in [0.2, 0.25) is 0 Å². The number of benzene rings is 2. The second-order valence-electron chi connectivity index (χ2n) is 10.7. The maximum absolute atomic E-state index is 4.86. The minimum absolute atomic E-state index is 0.000776. The van der Waals surface area contributed by atoms with Gasteiger partial charge >= 0.3 is 0 Å². The monoisotopic (exact) mass is 421 g/mol. The molecule has 0 atom stereocenters. The Labute approximate surface area is 192 Å². The predicted molar refractivity (Wildman–Crippen MR) is 134 cm³/mol. The van der Waals surface area contributed by atoms with E-state index in [0.717, 1.165) is 11.2 Å². The summed E-state index contributed by atoms with van der Waals surface area (Å²) in [6.45, 7) is 16.1. The van der Waals surface area contributed by atoms with Crippen LogP contribution in [0.25, 0.3) is 33.3 Å². The molecule has 2 nitrogen and oxygen atoms in total. The highest BCUT2D eigenvalue weighted by Gasteiger charge is 2.46. The zero-order chi connectivity index (χ0) is 23.0. The summed E-state index contributed by atoms with van der Waals surface area (Å²) < 4.78 is 2.23. The van der Waals surface area contributed by atoms with Gasteiger partial charge in [-0.2, -0.15) is 0 Å². The first-order chi connectivity index (χ1) is 15.0. The summed E-state index contributed by atoms with van der Waals surface area (Å²) in [4.78, 5) is 4.86. The summed E-state index contributed by atoms with van der Waals surface area (Å²) in [5.74, 6) is 0. The number of aromatic nitrogens is 2. The van der Waals surface area contributed by atoms with Crippen molar-refractivity contribution >= 4 is 10.9 Å². The van der Waals surface area contributed by atoms with Crippen molar-refractivity contribution < 1.29 is 4.57 Å². The quantitative estimate of drug-likeness (QED) is 0.306. The fourth-order valence-electron chi connectivity index (χ4n) is 5.35. The number of hydrogen-bond acceptors (Lipinski definition) is 1. The molecule has 0 saturated heterocycles. The lowest BCUT2D eigenvalue weighted by molar-refractivity contribution is -0.660. The molecule has 2 aromatic carbocycles. The molecule has 0 aliphatic heterocycles. The van der Waals surface area contributed by atoms with E-state index in [-0.39, 0.29) is 10.8 Å². The van der Waals surface area contributed by atoms with Crippen molar-refractivity contribution in [2.75, 3.05) is 0 Å². The van der Waals surface area contributed by atoms with E-state index < -0.39 is 0 Å². The first kappa shape index (κ1) is 20.9. The van der Waals surface area contributed by atoms with Gasteiger partial charge in [0, 0.05) is 28.8 Å². The van der Waals surface area contributed by atoms with Gasteiger partial charge in [-0.1, -0.05) is 39.8 Å². The second-order valence-corrected chi connectivity index (χ2v) is 10.7. The number of hydrogen-bond donors (Lipinski definition) is 0. The van der Waals surface area contributed by atoms with E-state index in [0.29, 0.717) is 0 Å². The molecule has 162 valence electrons. The summed E-state index contributed by atoms with van der Waals surface area (Å²) in [7, 11) is 2.13. The van der Waals surface area contributed by atoms with Crippen LogP contribution in [0.4, 0.5) is 0 Å². The van der Waals surface area contributed by atoms with Crippen LogP contribution < -0.4 is 4.57 Å². The van der Waals surface area contributed by atoms with Gasteiger partial charge in [0.25, 0.3) is 0 Å². The lowest BCUT2D eigenvalue weighted by atomic mass is 9.55. The Morgan fingerprint density at radius 2 is 1.38 bits per heavy atom. The summed E-state index contributed by atoms with van der Waals surface area (Å²) in [6, 6.07) is 18.4. The summed E-state index contributed by atoms with van der Waals surface area (Å²) in [5.41, 5.74) is 12.8. The first-order valence-electron chi connectivity index (χ1n) is 11.5. The highest BCUT2D eigenvalue weighted by Crippen LogP contribution is 2.55. The second kappa shape index (κ2) is 6.75. The highest BCUT2D eigenvalue weighted by molar-refractivity contribution is 5.91. The molecule has 0 spiro atoms. The molecule has 32 heavy (non-hydrogen) atoms. The smallest absolute Gasteiger partial charge is 0.212 e. The van der Waals surface area contributed by atoms with Crippen molar-refractivity contribution in [1.29, 1.82) is 0 Å². The normalized spacial score (nSPS) is 16.0. The van der Waals surface area contributed by atoms with Crippen LogP contribution in [0.5, 0.6) is 0 Å². The van der Waals surface area contributed by atoms with Crippen LogP contribution in [0.15, 0.2) is 54.7 Å². The molecule has 0 unspecified atom stereocenters. The third-order valence-corrected chi connectivity index (χ3v) is 8.11. The fourth-order valence-corrected chi connectivity index (χ4v) is 5.35. The minimum atomic E-state index is -0.00360. The summed E-state index contributed by atoms with van der Waals surface area (Å²) >= 11 is 0. The Bertz CT molecular complexity index is 1410. The van der Waals surface area contributed by atoms with Gasteiger partial charge in [-0.05, 0) is 89.2 Å². The molecule has 1 aliphatic carbocycles. The summed E-state index contributed by atoms with van der Waals surface area (Å²) in [6.07, 6.45) is 2.16. The molecule has 0 radical (unpaired) electrons. The van der Waals surface area contributed by atoms with E-state index in [1.54, 1.807) is 0 Å². The van der Waals surface area contributed by atoms with Crippen LogP contribution in [0.1, 0.15) is 55.6 Å². The van der Waals surface area contributed by atoms with Crippen molar-refractivity contribution in [2.24, 2.45) is 7.05 Å². The van der Waals surface area contributed by atoms with Crippen LogP contribution in [-0.2, 0) is 17.9 Å². The Hall–Kier alpha value is -3.00. The van der Waals surface area contributed by atoms with Gasteiger partial charge in [0.05, 0.1) is 5.52 Å². The predicted octanol–water partition coefficient (Wildman–Crippen LogP) is 6.89. The molecule has 2 heterocycles. The Kier molecular flexibility index (Phi) is 4.40. The number of aryl methyl sites for hydroxylation is 4. The maximum atomic E-state index is 4.86. The minimum Gasteiger partial charge on any atom is -0.253 e. The SMILES string of the molecule is Cc1cc[n+](C)c(-c2cc3c(cc2C)C(C)(C)C(C)(C)c2cc4ccc(C)nc4cc2-3)c1. The summed E-state index contributed by atoms with van der Waals surface area (Å²) in [5, 5.41) is 1.22. The van der Waals surface area contributed by atoms with E-state index >= 15 is 0 Å². The molecule has 2 heteroatoms.